The van der Waals surface area contributed by atoms with E-state index in [2.05, 4.69) is 25.8 Å². The van der Waals surface area contributed by atoms with Gasteiger partial charge in [0.25, 0.3) is 0 Å². The zero-order valence-electron chi connectivity index (χ0n) is 19.5. The minimum atomic E-state index is -0.477. The Hall–Kier alpha value is -2.90. The summed E-state index contributed by atoms with van der Waals surface area (Å²) in [6.45, 7) is 8.13. The molecule has 0 aromatic carbocycles. The summed E-state index contributed by atoms with van der Waals surface area (Å²) < 4.78 is 0. The van der Waals surface area contributed by atoms with Gasteiger partial charge in [0.15, 0.2) is 11.6 Å². The first-order chi connectivity index (χ1) is 15.9. The Morgan fingerprint density at radius 2 is 1.94 bits per heavy atom. The van der Waals surface area contributed by atoms with Crippen molar-refractivity contribution in [2.45, 2.75) is 52.2 Å². The van der Waals surface area contributed by atoms with Crippen LogP contribution in [0.2, 0.25) is 0 Å². The molecule has 0 unspecified atom stereocenters. The van der Waals surface area contributed by atoms with E-state index >= 15 is 0 Å². The average molecular weight is 449 g/mol. The Morgan fingerprint density at radius 1 is 1.15 bits per heavy atom. The van der Waals surface area contributed by atoms with Crippen LogP contribution in [0.25, 0.3) is 6.08 Å². The molecule has 2 aromatic heterocycles. The molecule has 33 heavy (non-hydrogen) atoms. The SMILES string of the molecule is CCC1=Cc2ncc(CN3CCN(c4ccc(C(=O)CC[C@@H](C)O)nc4)CC3)cc2CC1=O. The van der Waals surface area contributed by atoms with E-state index in [9.17, 15) is 14.7 Å². The fourth-order valence-corrected chi connectivity index (χ4v) is 4.39. The van der Waals surface area contributed by atoms with Crippen molar-refractivity contribution in [1.82, 2.24) is 14.9 Å². The predicted molar refractivity (Wildman–Crippen MR) is 128 cm³/mol. The highest BCUT2D eigenvalue weighted by Gasteiger charge is 2.21. The predicted octanol–water partition coefficient (Wildman–Crippen LogP) is 3.06. The molecule has 0 amide bonds. The Bertz CT molecular complexity index is 1040. The van der Waals surface area contributed by atoms with Gasteiger partial charge in [0.05, 0.1) is 23.7 Å². The Morgan fingerprint density at radius 3 is 2.61 bits per heavy atom. The van der Waals surface area contributed by atoms with E-state index in [4.69, 9.17) is 0 Å². The first-order valence-electron chi connectivity index (χ1n) is 11.8. The van der Waals surface area contributed by atoms with Crippen molar-refractivity contribution >= 4 is 23.3 Å². The van der Waals surface area contributed by atoms with E-state index < -0.39 is 6.10 Å². The number of allylic oxidation sites excluding steroid dienone is 1. The number of pyridine rings is 2. The van der Waals surface area contributed by atoms with Crippen LogP contribution in [0.5, 0.6) is 0 Å². The molecule has 2 aliphatic rings. The zero-order chi connectivity index (χ0) is 23.4. The van der Waals surface area contributed by atoms with Gasteiger partial charge in [-0.2, -0.15) is 0 Å². The lowest BCUT2D eigenvalue weighted by atomic mass is 9.92. The molecular formula is C26H32N4O3. The molecule has 1 N–H and O–H groups in total. The Balaban J connectivity index is 1.31. The van der Waals surface area contributed by atoms with Gasteiger partial charge in [-0.25, -0.2) is 0 Å². The largest absolute Gasteiger partial charge is 0.393 e. The number of fused-ring (bicyclic) bond motifs is 1. The van der Waals surface area contributed by atoms with Gasteiger partial charge in [-0.3, -0.25) is 24.5 Å². The lowest BCUT2D eigenvalue weighted by molar-refractivity contribution is -0.115. The third-order valence-electron chi connectivity index (χ3n) is 6.43. The fraction of sp³-hybridized carbons (Fsp3) is 0.462. The number of hydrogen-bond acceptors (Lipinski definition) is 7. The molecule has 0 saturated carbocycles. The van der Waals surface area contributed by atoms with Crippen LogP contribution in [-0.2, 0) is 17.8 Å². The van der Waals surface area contributed by atoms with E-state index in [1.54, 1.807) is 19.2 Å². The molecule has 0 bridgehead atoms. The highest BCUT2D eigenvalue weighted by Crippen LogP contribution is 2.24. The molecule has 1 fully saturated rings. The number of Topliss-reactive ketones (excluding diaryl/α,β-unsaturated/α-hetero) is 2. The van der Waals surface area contributed by atoms with E-state index in [1.165, 1.54) is 0 Å². The highest BCUT2D eigenvalue weighted by molar-refractivity contribution is 6.03. The number of ketones is 2. The summed E-state index contributed by atoms with van der Waals surface area (Å²) in [5.74, 6) is 0.177. The second-order valence-corrected chi connectivity index (χ2v) is 8.99. The summed E-state index contributed by atoms with van der Waals surface area (Å²) in [6.07, 6.45) is 7.13. The minimum Gasteiger partial charge on any atom is -0.393 e. The first kappa shape index (κ1) is 23.3. The van der Waals surface area contributed by atoms with Gasteiger partial charge < -0.3 is 10.0 Å². The summed E-state index contributed by atoms with van der Waals surface area (Å²) in [7, 11) is 0. The average Bonchev–Trinajstić information content (AvgIpc) is 2.82. The fourth-order valence-electron chi connectivity index (χ4n) is 4.39. The van der Waals surface area contributed by atoms with Crippen LogP contribution in [0.1, 0.15) is 60.4 Å². The van der Waals surface area contributed by atoms with Crippen LogP contribution >= 0.6 is 0 Å². The summed E-state index contributed by atoms with van der Waals surface area (Å²) in [6, 6.07) is 5.87. The molecule has 4 rings (SSSR count). The van der Waals surface area contributed by atoms with Crippen LogP contribution < -0.4 is 4.90 Å². The van der Waals surface area contributed by atoms with Gasteiger partial charge in [-0.15, -0.1) is 0 Å². The number of hydrogen-bond donors (Lipinski definition) is 1. The van der Waals surface area contributed by atoms with Crippen LogP contribution in [0.15, 0.2) is 36.2 Å². The number of piperazine rings is 1. The van der Waals surface area contributed by atoms with Crippen LogP contribution in [-0.4, -0.2) is 63.8 Å². The zero-order valence-corrected chi connectivity index (χ0v) is 19.5. The first-order valence-corrected chi connectivity index (χ1v) is 11.8. The smallest absolute Gasteiger partial charge is 0.181 e. The molecule has 0 radical (unpaired) electrons. The maximum atomic E-state index is 12.2. The van der Waals surface area contributed by atoms with E-state index in [-0.39, 0.29) is 11.6 Å². The maximum Gasteiger partial charge on any atom is 0.181 e. The van der Waals surface area contributed by atoms with Gasteiger partial charge in [-0.1, -0.05) is 13.0 Å². The number of anilines is 1. The monoisotopic (exact) mass is 448 g/mol. The van der Waals surface area contributed by atoms with Crippen molar-refractivity contribution in [2.24, 2.45) is 0 Å². The second-order valence-electron chi connectivity index (χ2n) is 8.99. The molecular weight excluding hydrogens is 416 g/mol. The molecule has 0 spiro atoms. The molecule has 7 nitrogen and oxygen atoms in total. The summed E-state index contributed by atoms with van der Waals surface area (Å²) in [4.78, 5) is 38.1. The molecule has 2 aromatic rings. The molecule has 7 heteroatoms. The van der Waals surface area contributed by atoms with Crippen LogP contribution in [0.4, 0.5) is 5.69 Å². The number of aromatic nitrogens is 2. The van der Waals surface area contributed by atoms with Crippen molar-refractivity contribution in [1.29, 1.82) is 0 Å². The van der Waals surface area contributed by atoms with Crippen molar-refractivity contribution in [3.63, 3.8) is 0 Å². The standard InChI is InChI=1S/C26H32N4O3/c1-3-20-13-24-21(14-26(20)33)12-19(15-27-24)17-29-8-10-30(11-9-29)22-5-6-23(28-16-22)25(32)7-4-18(2)31/h5-6,12-13,15-16,18,31H,3-4,7-11,14,17H2,1-2H3/t18-/m1/s1. The lowest BCUT2D eigenvalue weighted by Gasteiger charge is -2.36. The summed E-state index contributed by atoms with van der Waals surface area (Å²) in [5.41, 5.74) is 5.45. The van der Waals surface area contributed by atoms with Gasteiger partial charge in [-0.05, 0) is 54.7 Å². The normalized spacial score (nSPS) is 17.5. The third kappa shape index (κ3) is 5.72. The van der Waals surface area contributed by atoms with Crippen molar-refractivity contribution in [3.8, 4) is 0 Å². The van der Waals surface area contributed by atoms with Gasteiger partial charge in [0.2, 0.25) is 0 Å². The van der Waals surface area contributed by atoms with Crippen molar-refractivity contribution in [3.05, 3.63) is 58.7 Å². The molecule has 1 saturated heterocycles. The number of aliphatic hydroxyl groups is 1. The molecule has 1 atom stereocenters. The van der Waals surface area contributed by atoms with Crippen LogP contribution in [0, 0.1) is 0 Å². The maximum absolute atomic E-state index is 12.2. The van der Waals surface area contributed by atoms with Gasteiger partial charge in [0.1, 0.15) is 5.69 Å². The number of rotatable bonds is 8. The molecule has 1 aliphatic heterocycles. The second kappa shape index (κ2) is 10.4. The number of nitrogens with zero attached hydrogens (tertiary/aromatic N) is 4. The third-order valence-corrected chi connectivity index (χ3v) is 6.43. The van der Waals surface area contributed by atoms with Gasteiger partial charge in [0, 0.05) is 51.8 Å². The quantitative estimate of drug-likeness (QED) is 0.621. The van der Waals surface area contributed by atoms with Crippen molar-refractivity contribution < 1.29 is 14.7 Å². The van der Waals surface area contributed by atoms with E-state index in [1.807, 2.05) is 25.3 Å². The Labute approximate surface area is 195 Å². The number of carbonyl (C=O) groups excluding carboxylic acids is 2. The highest BCUT2D eigenvalue weighted by atomic mass is 16.3. The summed E-state index contributed by atoms with van der Waals surface area (Å²) in [5, 5.41) is 9.36. The molecule has 3 heterocycles. The summed E-state index contributed by atoms with van der Waals surface area (Å²) >= 11 is 0. The van der Waals surface area contributed by atoms with Gasteiger partial charge >= 0.3 is 0 Å². The Kier molecular flexibility index (Phi) is 7.30. The number of aliphatic hydroxyl groups excluding tert-OH is 1. The van der Waals surface area contributed by atoms with Crippen molar-refractivity contribution in [2.75, 3.05) is 31.1 Å². The van der Waals surface area contributed by atoms with E-state index in [0.29, 0.717) is 25.0 Å². The van der Waals surface area contributed by atoms with E-state index in [0.717, 1.165) is 67.2 Å². The topological polar surface area (TPSA) is 86.6 Å². The minimum absolute atomic E-state index is 0.0333. The number of carbonyl (C=O) groups is 2. The molecule has 174 valence electrons. The molecule has 1 aliphatic carbocycles. The lowest BCUT2D eigenvalue weighted by Crippen LogP contribution is -2.46. The van der Waals surface area contributed by atoms with Crippen LogP contribution in [0.3, 0.4) is 0 Å².